The summed E-state index contributed by atoms with van der Waals surface area (Å²) in [5, 5.41) is 7.17. The molecule has 0 aliphatic heterocycles. The highest BCUT2D eigenvalue weighted by molar-refractivity contribution is 5.94. The molecule has 0 aliphatic carbocycles. The second-order valence-corrected chi connectivity index (χ2v) is 6.27. The van der Waals surface area contributed by atoms with Gasteiger partial charge >= 0.3 is 0 Å². The predicted molar refractivity (Wildman–Crippen MR) is 104 cm³/mol. The molecule has 0 bridgehead atoms. The van der Waals surface area contributed by atoms with Gasteiger partial charge in [0, 0.05) is 36.3 Å². The molecule has 0 aliphatic rings. The second-order valence-electron chi connectivity index (χ2n) is 6.27. The molecular weight excluding hydrogens is 326 g/mol. The summed E-state index contributed by atoms with van der Waals surface area (Å²) in [5.74, 6) is -0.0559. The first-order chi connectivity index (χ1) is 12.7. The highest BCUT2D eigenvalue weighted by Gasteiger charge is 2.06. The SMILES string of the molecule is CCCNC(=O)c1cccc(CNCc2cc3ccccc3[nH]c2=O)c1. The summed E-state index contributed by atoms with van der Waals surface area (Å²) in [7, 11) is 0. The number of nitrogens with one attached hydrogen (secondary N) is 3. The third-order valence-corrected chi connectivity index (χ3v) is 4.20. The largest absolute Gasteiger partial charge is 0.352 e. The van der Waals surface area contributed by atoms with Gasteiger partial charge in [0.2, 0.25) is 0 Å². The number of fused-ring (bicyclic) bond motifs is 1. The van der Waals surface area contributed by atoms with E-state index in [-0.39, 0.29) is 11.5 Å². The summed E-state index contributed by atoms with van der Waals surface area (Å²) in [6.07, 6.45) is 0.910. The number of H-pyrrole nitrogens is 1. The molecule has 0 fully saturated rings. The normalized spacial score (nSPS) is 10.8. The summed E-state index contributed by atoms with van der Waals surface area (Å²) in [4.78, 5) is 27.1. The fourth-order valence-corrected chi connectivity index (χ4v) is 2.83. The maximum atomic E-state index is 12.2. The van der Waals surface area contributed by atoms with Crippen molar-refractivity contribution in [1.29, 1.82) is 0 Å². The van der Waals surface area contributed by atoms with Crippen molar-refractivity contribution in [3.8, 4) is 0 Å². The van der Waals surface area contributed by atoms with Gasteiger partial charge in [-0.05, 0) is 41.6 Å². The van der Waals surface area contributed by atoms with Gasteiger partial charge in [0.25, 0.3) is 11.5 Å². The lowest BCUT2D eigenvalue weighted by molar-refractivity contribution is 0.0953. The summed E-state index contributed by atoms with van der Waals surface area (Å²) < 4.78 is 0. The number of hydrogen-bond donors (Lipinski definition) is 3. The van der Waals surface area contributed by atoms with Gasteiger partial charge in [-0.1, -0.05) is 37.3 Å². The molecule has 0 saturated carbocycles. The van der Waals surface area contributed by atoms with E-state index in [2.05, 4.69) is 15.6 Å². The summed E-state index contributed by atoms with van der Waals surface area (Å²) in [5.41, 5.74) is 3.11. The number of pyridine rings is 1. The van der Waals surface area contributed by atoms with Crippen LogP contribution in [0.2, 0.25) is 0 Å². The van der Waals surface area contributed by atoms with Crippen LogP contribution in [0.15, 0.2) is 59.4 Å². The number of hydrogen-bond acceptors (Lipinski definition) is 3. The molecule has 1 aromatic heterocycles. The second kappa shape index (κ2) is 8.45. The van der Waals surface area contributed by atoms with Gasteiger partial charge in [0.05, 0.1) is 0 Å². The zero-order valence-corrected chi connectivity index (χ0v) is 14.8. The zero-order valence-electron chi connectivity index (χ0n) is 14.8. The Kier molecular flexibility index (Phi) is 5.81. The summed E-state index contributed by atoms with van der Waals surface area (Å²) in [6.45, 7) is 3.74. The van der Waals surface area contributed by atoms with Crippen LogP contribution >= 0.6 is 0 Å². The predicted octanol–water partition coefficient (Wildman–Crippen LogP) is 2.96. The molecular formula is C21H23N3O2. The number of aromatic amines is 1. The fourth-order valence-electron chi connectivity index (χ4n) is 2.83. The van der Waals surface area contributed by atoms with E-state index in [1.54, 1.807) is 0 Å². The molecule has 5 nitrogen and oxygen atoms in total. The lowest BCUT2D eigenvalue weighted by atomic mass is 10.1. The average Bonchev–Trinajstić information content (AvgIpc) is 2.66. The van der Waals surface area contributed by atoms with E-state index in [1.807, 2.05) is 61.5 Å². The molecule has 134 valence electrons. The topological polar surface area (TPSA) is 74.0 Å². The lowest BCUT2D eigenvalue weighted by Crippen LogP contribution is -2.24. The van der Waals surface area contributed by atoms with Crippen LogP contribution in [0.25, 0.3) is 10.9 Å². The van der Waals surface area contributed by atoms with Gasteiger partial charge in [0.15, 0.2) is 0 Å². The Hall–Kier alpha value is -2.92. The van der Waals surface area contributed by atoms with Gasteiger partial charge in [-0.25, -0.2) is 0 Å². The molecule has 5 heteroatoms. The van der Waals surface area contributed by atoms with Gasteiger partial charge < -0.3 is 15.6 Å². The van der Waals surface area contributed by atoms with Crippen LogP contribution in [0.4, 0.5) is 0 Å². The van der Waals surface area contributed by atoms with E-state index in [0.29, 0.717) is 30.8 Å². The lowest BCUT2D eigenvalue weighted by Gasteiger charge is -2.08. The highest BCUT2D eigenvalue weighted by atomic mass is 16.1. The molecule has 1 amide bonds. The number of benzene rings is 2. The van der Waals surface area contributed by atoms with Crippen molar-refractivity contribution in [2.45, 2.75) is 26.4 Å². The summed E-state index contributed by atoms with van der Waals surface area (Å²) in [6, 6.07) is 17.2. The minimum Gasteiger partial charge on any atom is -0.352 e. The van der Waals surface area contributed by atoms with E-state index in [0.717, 1.165) is 22.9 Å². The van der Waals surface area contributed by atoms with Crippen LogP contribution in [0.3, 0.4) is 0 Å². The standard InChI is InChI=1S/C21H23N3O2/c1-2-10-23-20(25)17-8-5-6-15(11-17)13-22-14-18-12-16-7-3-4-9-19(16)24-21(18)26/h3-9,11-12,22H,2,10,13-14H2,1H3,(H,23,25)(H,24,26). The number of carbonyl (C=O) groups is 1. The van der Waals surface area contributed by atoms with Gasteiger partial charge in [-0.15, -0.1) is 0 Å². The Bertz CT molecular complexity index is 963. The fraction of sp³-hybridized carbons (Fsp3) is 0.238. The molecule has 0 radical (unpaired) electrons. The monoisotopic (exact) mass is 349 g/mol. The van der Waals surface area contributed by atoms with Gasteiger partial charge in [-0.2, -0.15) is 0 Å². The average molecular weight is 349 g/mol. The third kappa shape index (κ3) is 4.37. The Balaban J connectivity index is 1.64. The van der Waals surface area contributed by atoms with E-state index < -0.39 is 0 Å². The van der Waals surface area contributed by atoms with Gasteiger partial charge in [-0.3, -0.25) is 9.59 Å². The van der Waals surface area contributed by atoms with Crippen molar-refractivity contribution in [2.24, 2.45) is 0 Å². The molecule has 0 spiro atoms. The molecule has 3 aromatic rings. The van der Waals surface area contributed by atoms with Crippen molar-refractivity contribution in [1.82, 2.24) is 15.6 Å². The number of rotatable bonds is 7. The first-order valence-electron chi connectivity index (χ1n) is 8.86. The number of amides is 1. The van der Waals surface area contributed by atoms with Crippen LogP contribution in [0.1, 0.15) is 34.8 Å². The highest BCUT2D eigenvalue weighted by Crippen LogP contribution is 2.10. The van der Waals surface area contributed by atoms with Crippen LogP contribution in [-0.2, 0) is 13.1 Å². The van der Waals surface area contributed by atoms with Gasteiger partial charge in [0.1, 0.15) is 0 Å². The van der Waals surface area contributed by atoms with E-state index in [4.69, 9.17) is 0 Å². The molecule has 0 atom stereocenters. The zero-order chi connectivity index (χ0) is 18.4. The Morgan fingerprint density at radius 2 is 1.88 bits per heavy atom. The molecule has 1 heterocycles. The Morgan fingerprint density at radius 1 is 1.04 bits per heavy atom. The van der Waals surface area contributed by atoms with Crippen LogP contribution in [0.5, 0.6) is 0 Å². The minimum absolute atomic E-state index is 0.0559. The van der Waals surface area contributed by atoms with E-state index in [1.165, 1.54) is 0 Å². The van der Waals surface area contributed by atoms with Crippen molar-refractivity contribution in [3.05, 3.63) is 81.6 Å². The summed E-state index contributed by atoms with van der Waals surface area (Å²) >= 11 is 0. The van der Waals surface area contributed by atoms with Crippen LogP contribution < -0.4 is 16.2 Å². The number of carbonyl (C=O) groups excluding carboxylic acids is 1. The molecule has 3 N–H and O–H groups in total. The van der Waals surface area contributed by atoms with E-state index >= 15 is 0 Å². The molecule has 3 rings (SSSR count). The smallest absolute Gasteiger partial charge is 0.252 e. The molecule has 26 heavy (non-hydrogen) atoms. The van der Waals surface area contributed by atoms with Crippen molar-refractivity contribution in [2.75, 3.05) is 6.54 Å². The quantitative estimate of drug-likeness (QED) is 0.614. The Labute approximate surface area is 152 Å². The maximum Gasteiger partial charge on any atom is 0.252 e. The Morgan fingerprint density at radius 3 is 2.73 bits per heavy atom. The number of para-hydroxylation sites is 1. The first-order valence-corrected chi connectivity index (χ1v) is 8.86. The molecule has 0 unspecified atom stereocenters. The van der Waals surface area contributed by atoms with Crippen molar-refractivity contribution >= 4 is 16.8 Å². The molecule has 2 aromatic carbocycles. The third-order valence-electron chi connectivity index (χ3n) is 4.20. The molecule has 0 saturated heterocycles. The van der Waals surface area contributed by atoms with Crippen LogP contribution in [-0.4, -0.2) is 17.4 Å². The number of aromatic nitrogens is 1. The maximum absolute atomic E-state index is 12.2. The van der Waals surface area contributed by atoms with Crippen molar-refractivity contribution < 1.29 is 4.79 Å². The first kappa shape index (κ1) is 17.9. The van der Waals surface area contributed by atoms with Crippen LogP contribution in [0, 0.1) is 0 Å². The van der Waals surface area contributed by atoms with E-state index in [9.17, 15) is 9.59 Å². The minimum atomic E-state index is -0.0797. The van der Waals surface area contributed by atoms with Crippen molar-refractivity contribution in [3.63, 3.8) is 0 Å².